The van der Waals surface area contributed by atoms with Gasteiger partial charge in [0, 0.05) is 57.3 Å². The molecule has 0 aliphatic heterocycles. The zero-order valence-electron chi connectivity index (χ0n) is 44.6. The molecule has 4 heteroatoms. The van der Waals surface area contributed by atoms with Crippen LogP contribution in [0.4, 0.5) is 0 Å². The summed E-state index contributed by atoms with van der Waals surface area (Å²) in [5.74, 6) is 0. The highest BCUT2D eigenvalue weighted by Crippen LogP contribution is 2.47. The van der Waals surface area contributed by atoms with Gasteiger partial charge in [-0.2, -0.15) is 0 Å². The molecule has 0 spiro atoms. The molecule has 0 atom stereocenters. The fourth-order valence-electron chi connectivity index (χ4n) is 11.5. The second-order valence-corrected chi connectivity index (χ2v) is 21.4. The van der Waals surface area contributed by atoms with Crippen LogP contribution in [0.25, 0.3) is 117 Å². The van der Waals surface area contributed by atoms with Gasteiger partial charge in [0.2, 0.25) is 0 Å². The van der Waals surface area contributed by atoms with Crippen LogP contribution in [-0.2, 0) is 5.41 Å². The Balaban J connectivity index is 0.997. The molecule has 0 fully saturated rings. The molecule has 0 unspecified atom stereocenters. The van der Waals surface area contributed by atoms with E-state index in [2.05, 4.69) is 260 Å². The number of aromatic nitrogens is 4. The zero-order valence-corrected chi connectivity index (χ0v) is 44.6. The molecule has 4 aromatic heterocycles. The lowest BCUT2D eigenvalue weighted by molar-refractivity contribution is 0.589. The van der Waals surface area contributed by atoms with Gasteiger partial charge in [-0.05, 0) is 190 Å². The minimum absolute atomic E-state index is 0.0272. The van der Waals surface area contributed by atoms with Crippen molar-refractivity contribution in [2.24, 2.45) is 0 Å². The molecule has 0 saturated carbocycles. The summed E-state index contributed by atoms with van der Waals surface area (Å²) in [5.41, 5.74) is 28.9. The van der Waals surface area contributed by atoms with E-state index in [1.165, 1.54) is 94.1 Å². The highest BCUT2D eigenvalue weighted by Gasteiger charge is 2.24. The van der Waals surface area contributed by atoms with E-state index in [1.54, 1.807) is 0 Å². The van der Waals surface area contributed by atoms with E-state index in [4.69, 9.17) is 15.0 Å². The largest absolute Gasteiger partial charge is 0.309 e. The van der Waals surface area contributed by atoms with E-state index in [-0.39, 0.29) is 5.41 Å². The van der Waals surface area contributed by atoms with E-state index in [0.29, 0.717) is 0 Å². The van der Waals surface area contributed by atoms with Crippen LogP contribution in [-0.4, -0.2) is 19.5 Å². The fraction of sp³-hybridized carbons (Fsp3) is 0.125. The van der Waals surface area contributed by atoms with Crippen LogP contribution in [0.15, 0.2) is 219 Å². The maximum absolute atomic E-state index is 5.13. The Kier molecular flexibility index (Phi) is 12.2. The molecule has 12 aromatic rings. The SMILES string of the molecule is Cc1cc(-c2ccc(-c3ccccc3-c3c(C)c(C)c(-c4ccccc4-c4ccc(-c5cc(C(C)(C)C)ccn5)cn4)c(C)c3C)c(-c3ccc4c(c3)c3ccccc3n4-c3ccccc3)c2)ncc1-c1ccccc1. The van der Waals surface area contributed by atoms with E-state index in [9.17, 15) is 0 Å². The van der Waals surface area contributed by atoms with Crippen molar-refractivity contribution < 1.29 is 0 Å². The minimum Gasteiger partial charge on any atom is -0.309 e. The van der Waals surface area contributed by atoms with Crippen LogP contribution in [0.3, 0.4) is 0 Å². The van der Waals surface area contributed by atoms with Crippen molar-refractivity contribution in [3.8, 4) is 95.1 Å². The van der Waals surface area contributed by atoms with Crippen molar-refractivity contribution >= 4 is 21.8 Å². The predicted molar refractivity (Wildman–Crippen MR) is 320 cm³/mol. The van der Waals surface area contributed by atoms with Crippen LogP contribution >= 0.6 is 0 Å². The summed E-state index contributed by atoms with van der Waals surface area (Å²) in [5, 5.41) is 2.44. The second kappa shape index (κ2) is 19.4. The highest BCUT2D eigenvalue weighted by atomic mass is 15.0. The van der Waals surface area contributed by atoms with Gasteiger partial charge in [0.25, 0.3) is 0 Å². The molecule has 4 nitrogen and oxygen atoms in total. The minimum atomic E-state index is 0.0272. The molecule has 0 radical (unpaired) electrons. The smallest absolute Gasteiger partial charge is 0.0720 e. The van der Waals surface area contributed by atoms with E-state index in [0.717, 1.165) is 56.1 Å². The summed E-state index contributed by atoms with van der Waals surface area (Å²) < 4.78 is 2.39. The van der Waals surface area contributed by atoms with Crippen LogP contribution in [0, 0.1) is 34.6 Å². The summed E-state index contributed by atoms with van der Waals surface area (Å²) in [6.45, 7) is 18.1. The number of fused-ring (bicyclic) bond motifs is 3. The van der Waals surface area contributed by atoms with E-state index >= 15 is 0 Å². The third-order valence-electron chi connectivity index (χ3n) is 15.8. The standard InChI is InChI=1S/C72H60N4/c1-45-39-66(75-44-64(45)50-21-11-9-12-22-50)52-31-34-57(62(41-52)51-33-36-69-63(40-51)59-27-19-20-30-68(59)76(69)55-23-13-10-14-24-55)56-25-15-17-28-60(56)70-46(2)48(4)71(49(5)47(70)3)61-29-18-16-26-58(61)65-35-32-53(43-74-65)67-42-54(37-38-73-67)72(6,7)8/h9-44H,1-8H3. The lowest BCUT2D eigenvalue weighted by Crippen LogP contribution is -2.11. The fourth-order valence-corrected chi connectivity index (χ4v) is 11.5. The lowest BCUT2D eigenvalue weighted by Gasteiger charge is -2.24. The van der Waals surface area contributed by atoms with Gasteiger partial charge in [0.15, 0.2) is 0 Å². The Hall–Kier alpha value is -8.99. The number of aryl methyl sites for hydroxylation is 1. The van der Waals surface area contributed by atoms with Crippen molar-refractivity contribution in [1.82, 2.24) is 19.5 Å². The number of pyridine rings is 3. The van der Waals surface area contributed by atoms with Crippen molar-refractivity contribution in [1.29, 1.82) is 0 Å². The molecule has 0 N–H and O–H groups in total. The molecule has 0 aliphatic rings. The summed E-state index contributed by atoms with van der Waals surface area (Å²) in [6, 6.07) is 72.6. The first-order chi connectivity index (χ1) is 36.9. The van der Waals surface area contributed by atoms with E-state index in [1.807, 2.05) is 18.6 Å². The zero-order chi connectivity index (χ0) is 52.2. The maximum atomic E-state index is 5.13. The number of hydrogen-bond acceptors (Lipinski definition) is 3. The van der Waals surface area contributed by atoms with Crippen molar-refractivity contribution in [3.63, 3.8) is 0 Å². The highest BCUT2D eigenvalue weighted by molar-refractivity contribution is 6.11. The second-order valence-electron chi connectivity index (χ2n) is 21.4. The molecule has 0 saturated heterocycles. The maximum Gasteiger partial charge on any atom is 0.0720 e. The molecule has 76 heavy (non-hydrogen) atoms. The summed E-state index contributed by atoms with van der Waals surface area (Å²) >= 11 is 0. The summed E-state index contributed by atoms with van der Waals surface area (Å²) in [6.07, 6.45) is 5.91. The molecule has 0 aliphatic carbocycles. The molecule has 0 amide bonds. The molecular weight excluding hydrogens is 921 g/mol. The normalized spacial score (nSPS) is 11.7. The third-order valence-corrected chi connectivity index (χ3v) is 15.8. The third kappa shape index (κ3) is 8.50. The topological polar surface area (TPSA) is 43.6 Å². The molecule has 12 rings (SSSR count). The van der Waals surface area contributed by atoms with Crippen molar-refractivity contribution in [2.45, 2.75) is 60.8 Å². The molecule has 0 bridgehead atoms. The Morgan fingerprint density at radius 2 is 0.895 bits per heavy atom. The quantitative estimate of drug-likeness (QED) is 0.145. The molecule has 4 heterocycles. The number of benzene rings is 8. The Bertz CT molecular complexity index is 4150. The van der Waals surface area contributed by atoms with Crippen LogP contribution in [0.1, 0.15) is 54.2 Å². The van der Waals surface area contributed by atoms with Gasteiger partial charge in [-0.1, -0.05) is 154 Å². The van der Waals surface area contributed by atoms with Crippen LogP contribution < -0.4 is 0 Å². The molecular formula is C72H60N4. The van der Waals surface area contributed by atoms with Crippen LogP contribution in [0.2, 0.25) is 0 Å². The number of rotatable bonds is 9. The summed E-state index contributed by atoms with van der Waals surface area (Å²) in [7, 11) is 0. The summed E-state index contributed by atoms with van der Waals surface area (Å²) in [4.78, 5) is 15.0. The average molecular weight is 981 g/mol. The first kappa shape index (κ1) is 48.0. The van der Waals surface area contributed by atoms with Crippen molar-refractivity contribution in [2.75, 3.05) is 0 Å². The molecule has 8 aromatic carbocycles. The van der Waals surface area contributed by atoms with Gasteiger partial charge < -0.3 is 4.57 Å². The van der Waals surface area contributed by atoms with Crippen LogP contribution in [0.5, 0.6) is 0 Å². The molecule has 368 valence electrons. The van der Waals surface area contributed by atoms with Gasteiger partial charge in [-0.3, -0.25) is 15.0 Å². The van der Waals surface area contributed by atoms with Gasteiger partial charge in [0.05, 0.1) is 28.1 Å². The predicted octanol–water partition coefficient (Wildman–Crippen LogP) is 19.1. The Morgan fingerprint density at radius 1 is 0.342 bits per heavy atom. The van der Waals surface area contributed by atoms with Crippen molar-refractivity contribution in [3.05, 3.63) is 252 Å². The van der Waals surface area contributed by atoms with E-state index < -0.39 is 0 Å². The first-order valence-electron chi connectivity index (χ1n) is 26.4. The number of hydrogen-bond donors (Lipinski definition) is 0. The van der Waals surface area contributed by atoms with Gasteiger partial charge in [0.1, 0.15) is 0 Å². The van der Waals surface area contributed by atoms with Gasteiger partial charge >= 0.3 is 0 Å². The number of para-hydroxylation sites is 2. The van der Waals surface area contributed by atoms with Gasteiger partial charge in [-0.25, -0.2) is 0 Å². The Morgan fingerprint density at radius 3 is 1.57 bits per heavy atom. The average Bonchev–Trinajstić information content (AvgIpc) is 3.84. The first-order valence-corrected chi connectivity index (χ1v) is 26.4. The monoisotopic (exact) mass is 980 g/mol. The number of nitrogens with zero attached hydrogens (tertiary/aromatic N) is 4. The van der Waals surface area contributed by atoms with Gasteiger partial charge in [-0.15, -0.1) is 0 Å². The lowest BCUT2D eigenvalue weighted by atomic mass is 9.79. The Labute approximate surface area is 447 Å².